The van der Waals surface area contributed by atoms with Crippen molar-refractivity contribution in [2.45, 2.75) is 302 Å². The van der Waals surface area contributed by atoms with Gasteiger partial charge in [-0.05, 0) is 51.4 Å². The Morgan fingerprint density at radius 3 is 1.31 bits per heavy atom. The normalized spacial score (nSPS) is 12.8. The lowest BCUT2D eigenvalue weighted by atomic mass is 10.0. The molecule has 0 aliphatic heterocycles. The minimum atomic E-state index is -0.666. The zero-order valence-electron chi connectivity index (χ0n) is 40.9. The van der Waals surface area contributed by atoms with Crippen molar-refractivity contribution in [3.63, 3.8) is 0 Å². The Bertz CT molecular complexity index is 951. The summed E-state index contributed by atoms with van der Waals surface area (Å²) in [5.74, 6) is -0.0473. The van der Waals surface area contributed by atoms with Gasteiger partial charge >= 0.3 is 5.97 Å². The number of hydrogen-bond donors (Lipinski definition) is 3. The van der Waals surface area contributed by atoms with Crippen molar-refractivity contribution >= 4 is 11.9 Å². The van der Waals surface area contributed by atoms with Gasteiger partial charge in [-0.2, -0.15) is 0 Å². The molecule has 0 fully saturated rings. The monoisotopic (exact) mass is 860 g/mol. The molecule has 0 heterocycles. The third kappa shape index (κ3) is 47.7. The Morgan fingerprint density at radius 1 is 0.459 bits per heavy atom. The highest BCUT2D eigenvalue weighted by molar-refractivity contribution is 5.76. The van der Waals surface area contributed by atoms with Crippen LogP contribution in [0.2, 0.25) is 0 Å². The average molecular weight is 860 g/mol. The molecule has 1 amide bonds. The van der Waals surface area contributed by atoms with Crippen molar-refractivity contribution in [3.05, 3.63) is 24.3 Å². The Labute approximate surface area is 380 Å². The summed E-state index contributed by atoms with van der Waals surface area (Å²) in [6, 6.07) is -0.544. The second-order valence-corrected chi connectivity index (χ2v) is 18.6. The van der Waals surface area contributed by atoms with Gasteiger partial charge in [-0.3, -0.25) is 9.59 Å². The summed E-state index contributed by atoms with van der Waals surface area (Å²) in [6.07, 6.45) is 60.1. The van der Waals surface area contributed by atoms with Crippen LogP contribution >= 0.6 is 0 Å². The SMILES string of the molecule is CCC/C=C\C/C=C\CCCCCCCC(=O)OCCCCCCCCCCCCCCCCCCCCC(=O)NC(CO)C(O)CCCCCCCCCCCCCCC. The van der Waals surface area contributed by atoms with Gasteiger partial charge in [0, 0.05) is 12.8 Å². The van der Waals surface area contributed by atoms with Gasteiger partial charge in [-0.1, -0.05) is 250 Å². The van der Waals surface area contributed by atoms with E-state index in [2.05, 4.69) is 43.5 Å². The molecular weight excluding hydrogens is 755 g/mol. The van der Waals surface area contributed by atoms with Crippen LogP contribution in [0.1, 0.15) is 290 Å². The van der Waals surface area contributed by atoms with Crippen molar-refractivity contribution in [1.29, 1.82) is 0 Å². The zero-order chi connectivity index (χ0) is 44.4. The first-order valence-electron chi connectivity index (χ1n) is 27.1. The molecule has 0 bridgehead atoms. The lowest BCUT2D eigenvalue weighted by Gasteiger charge is -2.22. The summed E-state index contributed by atoms with van der Waals surface area (Å²) in [5, 5.41) is 23.2. The highest BCUT2D eigenvalue weighted by atomic mass is 16.5. The largest absolute Gasteiger partial charge is 0.466 e. The van der Waals surface area contributed by atoms with E-state index in [-0.39, 0.29) is 18.5 Å². The molecule has 0 aliphatic carbocycles. The minimum absolute atomic E-state index is 0.00810. The fourth-order valence-corrected chi connectivity index (χ4v) is 8.32. The first-order valence-corrected chi connectivity index (χ1v) is 27.1. The molecule has 360 valence electrons. The summed E-state index contributed by atoms with van der Waals surface area (Å²) in [7, 11) is 0. The van der Waals surface area contributed by atoms with Gasteiger partial charge in [0.2, 0.25) is 5.91 Å². The molecule has 0 rings (SSSR count). The predicted octanol–water partition coefficient (Wildman–Crippen LogP) is 16.3. The van der Waals surface area contributed by atoms with E-state index in [9.17, 15) is 19.8 Å². The van der Waals surface area contributed by atoms with E-state index < -0.39 is 12.1 Å². The second-order valence-electron chi connectivity index (χ2n) is 18.6. The van der Waals surface area contributed by atoms with Crippen molar-refractivity contribution in [3.8, 4) is 0 Å². The molecule has 6 heteroatoms. The number of esters is 1. The molecule has 61 heavy (non-hydrogen) atoms. The van der Waals surface area contributed by atoms with Crippen molar-refractivity contribution in [2.24, 2.45) is 0 Å². The van der Waals surface area contributed by atoms with Crippen LogP contribution in [0, 0.1) is 0 Å². The van der Waals surface area contributed by atoms with Gasteiger partial charge in [0.05, 0.1) is 25.4 Å². The maximum Gasteiger partial charge on any atom is 0.305 e. The number of aliphatic hydroxyl groups is 2. The number of unbranched alkanes of at least 4 members (excludes halogenated alkanes) is 35. The number of allylic oxidation sites excluding steroid dienone is 4. The molecular formula is C55H105NO5. The molecule has 0 aliphatic rings. The van der Waals surface area contributed by atoms with Crippen LogP contribution in [0.4, 0.5) is 0 Å². The average Bonchev–Trinajstić information content (AvgIpc) is 3.26. The third-order valence-corrected chi connectivity index (χ3v) is 12.5. The first-order chi connectivity index (χ1) is 30.0. The van der Waals surface area contributed by atoms with Crippen LogP contribution in [0.15, 0.2) is 24.3 Å². The molecule has 3 N–H and O–H groups in total. The number of hydrogen-bond acceptors (Lipinski definition) is 5. The molecule has 0 radical (unpaired) electrons. The molecule has 2 unspecified atom stereocenters. The molecule has 0 aromatic heterocycles. The standard InChI is InChI=1S/C55H105NO5/c1-3-5-7-9-11-13-15-23-27-31-35-39-43-47-53(58)52(51-57)56-54(59)48-44-40-36-32-28-25-21-19-17-18-20-22-26-30-34-38-42-46-50-61-55(60)49-45-41-37-33-29-24-16-14-12-10-8-6-4-2/h8,10,14,16,52-53,57-58H,3-7,9,11-13,15,17-51H2,1-2H3,(H,56,59)/b10-8-,16-14-. The highest BCUT2D eigenvalue weighted by Crippen LogP contribution is 2.17. The van der Waals surface area contributed by atoms with E-state index in [1.54, 1.807) is 0 Å². The first kappa shape index (κ1) is 59.3. The number of nitrogens with one attached hydrogen (secondary N) is 1. The number of amides is 1. The summed E-state index contributed by atoms with van der Waals surface area (Å²) in [5.41, 5.74) is 0. The maximum absolute atomic E-state index is 12.4. The van der Waals surface area contributed by atoms with Crippen LogP contribution in [0.5, 0.6) is 0 Å². The number of rotatable bonds is 50. The van der Waals surface area contributed by atoms with Gasteiger partial charge in [0.1, 0.15) is 0 Å². The van der Waals surface area contributed by atoms with E-state index >= 15 is 0 Å². The lowest BCUT2D eigenvalue weighted by molar-refractivity contribution is -0.143. The molecule has 0 saturated carbocycles. The van der Waals surface area contributed by atoms with E-state index in [1.165, 1.54) is 205 Å². The molecule has 0 aromatic rings. The van der Waals surface area contributed by atoms with Gasteiger partial charge in [-0.15, -0.1) is 0 Å². The van der Waals surface area contributed by atoms with Gasteiger partial charge in [-0.25, -0.2) is 0 Å². The van der Waals surface area contributed by atoms with E-state index in [0.29, 0.717) is 25.9 Å². The van der Waals surface area contributed by atoms with E-state index in [0.717, 1.165) is 51.4 Å². The maximum atomic E-state index is 12.4. The van der Waals surface area contributed by atoms with Gasteiger partial charge in [0.15, 0.2) is 0 Å². The van der Waals surface area contributed by atoms with E-state index in [1.807, 2.05) is 0 Å². The molecule has 6 nitrogen and oxygen atoms in total. The summed E-state index contributed by atoms with van der Waals surface area (Å²) < 4.78 is 5.46. The number of aliphatic hydroxyl groups excluding tert-OH is 2. The molecule has 0 spiro atoms. The number of carbonyl (C=O) groups excluding carboxylic acids is 2. The van der Waals surface area contributed by atoms with Gasteiger partial charge in [0.25, 0.3) is 0 Å². The van der Waals surface area contributed by atoms with Gasteiger partial charge < -0.3 is 20.3 Å². The Balaban J connectivity index is 3.41. The Morgan fingerprint density at radius 2 is 0.852 bits per heavy atom. The highest BCUT2D eigenvalue weighted by Gasteiger charge is 2.20. The quantitative estimate of drug-likeness (QED) is 0.0322. The van der Waals surface area contributed by atoms with Crippen LogP contribution < -0.4 is 5.32 Å². The summed E-state index contributed by atoms with van der Waals surface area (Å²) in [4.78, 5) is 24.4. The van der Waals surface area contributed by atoms with Crippen LogP contribution in [-0.2, 0) is 14.3 Å². The Hall–Kier alpha value is -1.66. The second kappa shape index (κ2) is 51.0. The fourth-order valence-electron chi connectivity index (χ4n) is 8.32. The summed E-state index contributed by atoms with van der Waals surface area (Å²) >= 11 is 0. The topological polar surface area (TPSA) is 95.9 Å². The Kier molecular flexibility index (Phi) is 49.6. The van der Waals surface area contributed by atoms with E-state index in [4.69, 9.17) is 4.74 Å². The van der Waals surface area contributed by atoms with Crippen LogP contribution in [-0.4, -0.2) is 47.4 Å². The molecule has 0 saturated heterocycles. The van der Waals surface area contributed by atoms with Crippen molar-refractivity contribution in [1.82, 2.24) is 5.32 Å². The molecule has 0 aromatic carbocycles. The zero-order valence-corrected chi connectivity index (χ0v) is 40.9. The van der Waals surface area contributed by atoms with Crippen molar-refractivity contribution < 1.29 is 24.5 Å². The smallest absolute Gasteiger partial charge is 0.305 e. The van der Waals surface area contributed by atoms with Crippen LogP contribution in [0.3, 0.4) is 0 Å². The fraction of sp³-hybridized carbons (Fsp3) is 0.891. The number of ether oxygens (including phenoxy) is 1. The number of carbonyl (C=O) groups is 2. The molecule has 2 atom stereocenters. The van der Waals surface area contributed by atoms with Crippen LogP contribution in [0.25, 0.3) is 0 Å². The van der Waals surface area contributed by atoms with Crippen molar-refractivity contribution in [2.75, 3.05) is 13.2 Å². The predicted molar refractivity (Wildman–Crippen MR) is 264 cm³/mol. The third-order valence-electron chi connectivity index (χ3n) is 12.5. The minimum Gasteiger partial charge on any atom is -0.466 e. The lowest BCUT2D eigenvalue weighted by Crippen LogP contribution is -2.45. The summed E-state index contributed by atoms with van der Waals surface area (Å²) in [6.45, 7) is 4.88.